The molecule has 0 bridgehead atoms. The Morgan fingerprint density at radius 1 is 1.00 bits per heavy atom. The van der Waals surface area contributed by atoms with E-state index in [0.717, 1.165) is 5.56 Å². The van der Waals surface area contributed by atoms with Crippen LogP contribution in [-0.4, -0.2) is 20.3 Å². The Morgan fingerprint density at radius 2 is 1.81 bits per heavy atom. The second-order valence-electron chi connectivity index (χ2n) is 5.37. The summed E-state index contributed by atoms with van der Waals surface area (Å²) in [5.74, 6) is 2.54. The van der Waals surface area contributed by atoms with Gasteiger partial charge >= 0.3 is 0 Å². The molecule has 0 aliphatic carbocycles. The number of nitrogens with zero attached hydrogens (tertiary/aromatic N) is 4. The topological polar surface area (TPSA) is 87.1 Å². The standard InChI is InChI=1S/C18H13ClN4O3S/c19-13-6-8-14(9-7-13)24-10-16-21-22-18(25-16)27-11-15-20-17(26-23-15)12-4-2-1-3-5-12/h1-9H,10-11H2. The van der Waals surface area contributed by atoms with Gasteiger partial charge < -0.3 is 13.7 Å². The van der Waals surface area contributed by atoms with Crippen LogP contribution < -0.4 is 4.74 Å². The summed E-state index contributed by atoms with van der Waals surface area (Å²) >= 11 is 7.17. The van der Waals surface area contributed by atoms with Gasteiger partial charge in [-0.1, -0.05) is 46.7 Å². The monoisotopic (exact) mass is 400 g/mol. The van der Waals surface area contributed by atoms with E-state index in [-0.39, 0.29) is 6.61 Å². The fourth-order valence-electron chi connectivity index (χ4n) is 2.17. The zero-order chi connectivity index (χ0) is 18.5. The first kappa shape index (κ1) is 17.6. The van der Waals surface area contributed by atoms with Crippen molar-refractivity contribution in [3.63, 3.8) is 0 Å². The predicted octanol–water partition coefficient (Wildman–Crippen LogP) is 4.64. The minimum atomic E-state index is 0.176. The summed E-state index contributed by atoms with van der Waals surface area (Å²) in [7, 11) is 0. The quantitative estimate of drug-likeness (QED) is 0.414. The fourth-order valence-corrected chi connectivity index (χ4v) is 2.92. The lowest BCUT2D eigenvalue weighted by atomic mass is 10.2. The van der Waals surface area contributed by atoms with E-state index in [1.807, 2.05) is 30.3 Å². The molecule has 2 aromatic heterocycles. The van der Waals surface area contributed by atoms with Crippen molar-refractivity contribution in [1.82, 2.24) is 20.3 Å². The van der Waals surface area contributed by atoms with E-state index in [1.54, 1.807) is 24.3 Å². The van der Waals surface area contributed by atoms with Gasteiger partial charge in [0, 0.05) is 10.6 Å². The Bertz CT molecular complexity index is 1000. The maximum Gasteiger partial charge on any atom is 0.277 e. The van der Waals surface area contributed by atoms with Crippen LogP contribution in [0.4, 0.5) is 0 Å². The number of aromatic nitrogens is 4. The van der Waals surface area contributed by atoms with Crippen LogP contribution in [0.1, 0.15) is 11.7 Å². The largest absolute Gasteiger partial charge is 0.484 e. The van der Waals surface area contributed by atoms with Crippen LogP contribution in [-0.2, 0) is 12.4 Å². The SMILES string of the molecule is Clc1ccc(OCc2nnc(SCc3noc(-c4ccccc4)n3)o2)cc1. The molecule has 7 nitrogen and oxygen atoms in total. The number of hydrogen-bond donors (Lipinski definition) is 0. The van der Waals surface area contributed by atoms with Crippen molar-refractivity contribution in [1.29, 1.82) is 0 Å². The summed E-state index contributed by atoms with van der Waals surface area (Å²) in [6, 6.07) is 16.6. The highest BCUT2D eigenvalue weighted by molar-refractivity contribution is 7.98. The number of benzene rings is 2. The van der Waals surface area contributed by atoms with E-state index in [4.69, 9.17) is 25.3 Å². The summed E-state index contributed by atoms with van der Waals surface area (Å²) in [6.07, 6.45) is 0. The zero-order valence-electron chi connectivity index (χ0n) is 13.9. The zero-order valence-corrected chi connectivity index (χ0v) is 15.5. The van der Waals surface area contributed by atoms with Crippen LogP contribution in [0.25, 0.3) is 11.5 Å². The number of ether oxygens (including phenoxy) is 1. The van der Waals surface area contributed by atoms with Crippen molar-refractivity contribution >= 4 is 23.4 Å². The molecular formula is C18H13ClN4O3S. The molecule has 0 N–H and O–H groups in total. The Hall–Kier alpha value is -2.84. The van der Waals surface area contributed by atoms with Gasteiger partial charge in [-0.15, -0.1) is 10.2 Å². The molecule has 0 fully saturated rings. The van der Waals surface area contributed by atoms with E-state index >= 15 is 0 Å². The number of halogens is 1. The summed E-state index contributed by atoms with van der Waals surface area (Å²) in [5.41, 5.74) is 0.876. The predicted molar refractivity (Wildman–Crippen MR) is 99.4 cm³/mol. The maximum atomic E-state index is 5.84. The van der Waals surface area contributed by atoms with E-state index in [1.165, 1.54) is 11.8 Å². The van der Waals surface area contributed by atoms with Gasteiger partial charge in [-0.2, -0.15) is 4.98 Å². The van der Waals surface area contributed by atoms with Crippen LogP contribution in [0.5, 0.6) is 5.75 Å². The smallest absolute Gasteiger partial charge is 0.277 e. The van der Waals surface area contributed by atoms with Crippen LogP contribution >= 0.6 is 23.4 Å². The molecule has 0 spiro atoms. The molecule has 27 heavy (non-hydrogen) atoms. The lowest BCUT2D eigenvalue weighted by Crippen LogP contribution is -1.95. The lowest BCUT2D eigenvalue weighted by Gasteiger charge is -2.02. The van der Waals surface area contributed by atoms with Crippen LogP contribution in [0.2, 0.25) is 5.02 Å². The van der Waals surface area contributed by atoms with Gasteiger partial charge in [-0.25, -0.2) is 0 Å². The highest BCUT2D eigenvalue weighted by atomic mass is 35.5. The number of rotatable bonds is 7. The molecule has 4 aromatic rings. The molecule has 0 saturated heterocycles. The summed E-state index contributed by atoms with van der Waals surface area (Å²) in [6.45, 7) is 0.176. The summed E-state index contributed by atoms with van der Waals surface area (Å²) < 4.78 is 16.4. The summed E-state index contributed by atoms with van der Waals surface area (Å²) in [4.78, 5) is 4.36. The highest BCUT2D eigenvalue weighted by Crippen LogP contribution is 2.23. The van der Waals surface area contributed by atoms with Crippen LogP contribution in [0.3, 0.4) is 0 Å². The molecule has 4 rings (SSSR count). The third kappa shape index (κ3) is 4.66. The average Bonchev–Trinajstić information content (AvgIpc) is 3.36. The van der Waals surface area contributed by atoms with Crippen molar-refractivity contribution in [3.8, 4) is 17.2 Å². The molecule has 0 aliphatic rings. The molecule has 0 saturated carbocycles. The van der Waals surface area contributed by atoms with Crippen molar-refractivity contribution in [2.45, 2.75) is 17.6 Å². The van der Waals surface area contributed by atoms with Crippen molar-refractivity contribution in [2.75, 3.05) is 0 Å². The second kappa shape index (κ2) is 8.24. The fraction of sp³-hybridized carbons (Fsp3) is 0.111. The van der Waals surface area contributed by atoms with E-state index < -0.39 is 0 Å². The van der Waals surface area contributed by atoms with Gasteiger partial charge in [-0.3, -0.25) is 0 Å². The first-order valence-electron chi connectivity index (χ1n) is 7.98. The van der Waals surface area contributed by atoms with Crippen molar-refractivity contribution in [2.24, 2.45) is 0 Å². The number of hydrogen-bond acceptors (Lipinski definition) is 8. The molecule has 2 aromatic carbocycles. The van der Waals surface area contributed by atoms with Gasteiger partial charge in [-0.05, 0) is 36.4 Å². The maximum absolute atomic E-state index is 5.84. The Kier molecular flexibility index (Phi) is 5.36. The molecule has 0 radical (unpaired) electrons. The highest BCUT2D eigenvalue weighted by Gasteiger charge is 2.12. The average molecular weight is 401 g/mol. The minimum Gasteiger partial charge on any atom is -0.484 e. The lowest BCUT2D eigenvalue weighted by molar-refractivity contribution is 0.252. The van der Waals surface area contributed by atoms with E-state index in [0.29, 0.717) is 39.4 Å². The Balaban J connectivity index is 1.31. The van der Waals surface area contributed by atoms with Gasteiger partial charge in [0.1, 0.15) is 5.75 Å². The van der Waals surface area contributed by atoms with Gasteiger partial charge in [0.2, 0.25) is 0 Å². The van der Waals surface area contributed by atoms with E-state index in [9.17, 15) is 0 Å². The molecule has 9 heteroatoms. The normalized spacial score (nSPS) is 10.9. The second-order valence-corrected chi connectivity index (χ2v) is 6.74. The third-order valence-electron chi connectivity index (χ3n) is 3.44. The van der Waals surface area contributed by atoms with Crippen LogP contribution in [0.15, 0.2) is 68.8 Å². The summed E-state index contributed by atoms with van der Waals surface area (Å²) in [5, 5.41) is 13.0. The van der Waals surface area contributed by atoms with Crippen LogP contribution in [0, 0.1) is 0 Å². The third-order valence-corrected chi connectivity index (χ3v) is 4.50. The Labute approximate surface area is 163 Å². The van der Waals surface area contributed by atoms with Gasteiger partial charge in [0.25, 0.3) is 17.0 Å². The minimum absolute atomic E-state index is 0.176. The molecular weight excluding hydrogens is 388 g/mol. The molecule has 0 unspecified atom stereocenters. The Morgan fingerprint density at radius 3 is 2.63 bits per heavy atom. The molecule has 0 aliphatic heterocycles. The van der Waals surface area contributed by atoms with Gasteiger partial charge in [0.15, 0.2) is 12.4 Å². The first-order chi connectivity index (χ1) is 13.3. The molecule has 0 amide bonds. The van der Waals surface area contributed by atoms with E-state index in [2.05, 4.69) is 20.3 Å². The van der Waals surface area contributed by atoms with Crippen molar-refractivity contribution in [3.05, 3.63) is 71.3 Å². The van der Waals surface area contributed by atoms with Gasteiger partial charge in [0.05, 0.1) is 5.75 Å². The number of thioether (sulfide) groups is 1. The van der Waals surface area contributed by atoms with Crippen molar-refractivity contribution < 1.29 is 13.7 Å². The first-order valence-corrected chi connectivity index (χ1v) is 9.34. The molecule has 2 heterocycles. The molecule has 136 valence electrons. The molecule has 0 atom stereocenters.